The van der Waals surface area contributed by atoms with Crippen LogP contribution in [0.5, 0.6) is 0 Å². The molecule has 1 aliphatic rings. The summed E-state index contributed by atoms with van der Waals surface area (Å²) < 4.78 is 5.27. The highest BCUT2D eigenvalue weighted by atomic mass is 16.5. The Balaban J connectivity index is 2.10. The number of carbonyl (C=O) groups is 2. The molecule has 1 aliphatic heterocycles. The van der Waals surface area contributed by atoms with E-state index in [4.69, 9.17) is 4.74 Å². The third kappa shape index (κ3) is 4.32. The Hall–Kier alpha value is -1.88. The summed E-state index contributed by atoms with van der Waals surface area (Å²) in [7, 11) is 0. The molecule has 0 bridgehead atoms. The zero-order chi connectivity index (χ0) is 16.8. The molecular weight excluding hydrogens is 292 g/mol. The van der Waals surface area contributed by atoms with E-state index in [1.165, 1.54) is 0 Å². The van der Waals surface area contributed by atoms with Crippen molar-refractivity contribution >= 4 is 17.5 Å². The van der Waals surface area contributed by atoms with Crippen molar-refractivity contribution in [1.29, 1.82) is 0 Å². The van der Waals surface area contributed by atoms with E-state index in [0.717, 1.165) is 23.2 Å². The van der Waals surface area contributed by atoms with Crippen molar-refractivity contribution < 1.29 is 14.3 Å². The molecule has 2 rings (SSSR count). The van der Waals surface area contributed by atoms with Crippen LogP contribution >= 0.6 is 0 Å². The van der Waals surface area contributed by atoms with Crippen LogP contribution in [0.1, 0.15) is 31.4 Å². The lowest BCUT2D eigenvalue weighted by atomic mass is 10.0. The molecule has 2 amide bonds. The Labute approximate surface area is 138 Å². The molecule has 1 fully saturated rings. The molecule has 0 radical (unpaired) electrons. The molecule has 1 heterocycles. The second kappa shape index (κ2) is 8.11. The Kier molecular flexibility index (Phi) is 6.16. The minimum atomic E-state index is -0.0243. The van der Waals surface area contributed by atoms with Gasteiger partial charge >= 0.3 is 0 Å². The Morgan fingerprint density at radius 2 is 1.96 bits per heavy atom. The number of amides is 2. The van der Waals surface area contributed by atoms with Gasteiger partial charge in [-0.25, -0.2) is 0 Å². The van der Waals surface area contributed by atoms with Crippen LogP contribution in [0.2, 0.25) is 0 Å². The maximum absolute atomic E-state index is 12.3. The van der Waals surface area contributed by atoms with Crippen LogP contribution in [0.15, 0.2) is 18.2 Å². The highest BCUT2D eigenvalue weighted by Crippen LogP contribution is 2.26. The molecule has 0 spiro atoms. The second-order valence-corrected chi connectivity index (χ2v) is 5.85. The molecule has 126 valence electrons. The summed E-state index contributed by atoms with van der Waals surface area (Å²) in [6.07, 6.45) is 1.20. The number of anilines is 1. The lowest BCUT2D eigenvalue weighted by Gasteiger charge is -2.29. The lowest BCUT2D eigenvalue weighted by Crippen LogP contribution is -2.42. The van der Waals surface area contributed by atoms with E-state index in [9.17, 15) is 9.59 Å². The first kappa shape index (κ1) is 17.5. The maximum Gasteiger partial charge on any atom is 0.224 e. The number of benzene rings is 1. The third-order valence-corrected chi connectivity index (χ3v) is 4.27. The summed E-state index contributed by atoms with van der Waals surface area (Å²) in [5.74, 6) is 0.0648. The van der Waals surface area contributed by atoms with Crippen LogP contribution in [0.25, 0.3) is 0 Å². The Morgan fingerprint density at radius 3 is 2.57 bits per heavy atom. The van der Waals surface area contributed by atoms with E-state index in [2.05, 4.69) is 6.92 Å². The van der Waals surface area contributed by atoms with Gasteiger partial charge in [-0.3, -0.25) is 9.59 Å². The van der Waals surface area contributed by atoms with E-state index in [0.29, 0.717) is 39.3 Å². The van der Waals surface area contributed by atoms with Crippen LogP contribution in [-0.2, 0) is 20.7 Å². The predicted octanol–water partition coefficient (Wildman–Crippen LogP) is 2.16. The number of carbonyl (C=O) groups excluding carboxylic acids is 2. The fraction of sp³-hybridized carbons (Fsp3) is 0.556. The Bertz CT molecular complexity index is 565. The summed E-state index contributed by atoms with van der Waals surface area (Å²) in [6, 6.07) is 6.06. The summed E-state index contributed by atoms with van der Waals surface area (Å²) in [6.45, 7) is 8.55. The minimum Gasteiger partial charge on any atom is -0.378 e. The molecule has 1 aromatic rings. The van der Waals surface area contributed by atoms with Crippen molar-refractivity contribution in [2.45, 2.75) is 33.6 Å². The second-order valence-electron chi connectivity index (χ2n) is 5.85. The van der Waals surface area contributed by atoms with Crippen molar-refractivity contribution in [1.82, 2.24) is 4.90 Å². The van der Waals surface area contributed by atoms with Gasteiger partial charge in [-0.05, 0) is 24.5 Å². The zero-order valence-corrected chi connectivity index (χ0v) is 14.3. The molecule has 0 atom stereocenters. The highest BCUT2D eigenvalue weighted by molar-refractivity contribution is 5.94. The number of hydrogen-bond donors (Lipinski definition) is 0. The topological polar surface area (TPSA) is 49.9 Å². The number of hydrogen-bond acceptors (Lipinski definition) is 3. The van der Waals surface area contributed by atoms with E-state index in [1.807, 2.05) is 30.0 Å². The lowest BCUT2D eigenvalue weighted by molar-refractivity contribution is -0.135. The number of rotatable bonds is 5. The molecule has 0 unspecified atom stereocenters. The number of aryl methyl sites for hydroxylation is 2. The van der Waals surface area contributed by atoms with Crippen LogP contribution in [0.3, 0.4) is 0 Å². The summed E-state index contributed by atoms with van der Waals surface area (Å²) >= 11 is 0. The quantitative estimate of drug-likeness (QED) is 0.836. The van der Waals surface area contributed by atoms with Gasteiger partial charge in [0.15, 0.2) is 0 Å². The van der Waals surface area contributed by atoms with Gasteiger partial charge < -0.3 is 14.5 Å². The van der Waals surface area contributed by atoms with Gasteiger partial charge in [0, 0.05) is 38.7 Å². The van der Waals surface area contributed by atoms with Crippen molar-refractivity contribution in [2.24, 2.45) is 0 Å². The van der Waals surface area contributed by atoms with Crippen LogP contribution < -0.4 is 4.90 Å². The molecule has 0 aromatic heterocycles. The number of para-hydroxylation sites is 1. The van der Waals surface area contributed by atoms with Gasteiger partial charge in [-0.2, -0.15) is 0 Å². The fourth-order valence-corrected chi connectivity index (χ4v) is 3.00. The smallest absolute Gasteiger partial charge is 0.224 e. The molecule has 23 heavy (non-hydrogen) atoms. The standard InChI is InChI=1S/C18H26N2O3/c1-4-16-7-5-6-14(2)18(16)20(15(3)21)9-8-17(22)19-10-12-23-13-11-19/h5-7H,4,8-13H2,1-3H3. The fourth-order valence-electron chi connectivity index (χ4n) is 3.00. The van der Waals surface area contributed by atoms with Crippen molar-refractivity contribution in [3.63, 3.8) is 0 Å². The SMILES string of the molecule is CCc1cccc(C)c1N(CCC(=O)N1CCOCC1)C(C)=O. The summed E-state index contributed by atoms with van der Waals surface area (Å²) in [4.78, 5) is 28.0. The minimum absolute atomic E-state index is 0.0243. The molecule has 1 saturated heterocycles. The number of nitrogens with zero attached hydrogens (tertiary/aromatic N) is 2. The zero-order valence-electron chi connectivity index (χ0n) is 14.3. The number of ether oxygens (including phenoxy) is 1. The first-order valence-electron chi connectivity index (χ1n) is 8.26. The van der Waals surface area contributed by atoms with Gasteiger partial charge in [-0.15, -0.1) is 0 Å². The summed E-state index contributed by atoms with van der Waals surface area (Å²) in [5, 5.41) is 0. The molecule has 0 saturated carbocycles. The largest absolute Gasteiger partial charge is 0.378 e. The molecule has 0 N–H and O–H groups in total. The van der Waals surface area contributed by atoms with E-state index in [-0.39, 0.29) is 11.8 Å². The van der Waals surface area contributed by atoms with Crippen molar-refractivity contribution in [3.05, 3.63) is 29.3 Å². The van der Waals surface area contributed by atoms with Gasteiger partial charge in [-0.1, -0.05) is 25.1 Å². The van der Waals surface area contributed by atoms with E-state index >= 15 is 0 Å². The molecule has 5 nitrogen and oxygen atoms in total. The molecule has 5 heteroatoms. The normalized spacial score (nSPS) is 14.7. The molecular formula is C18H26N2O3. The van der Waals surface area contributed by atoms with Gasteiger partial charge in [0.25, 0.3) is 0 Å². The predicted molar refractivity (Wildman–Crippen MR) is 90.6 cm³/mol. The third-order valence-electron chi connectivity index (χ3n) is 4.27. The van der Waals surface area contributed by atoms with Crippen molar-refractivity contribution in [2.75, 3.05) is 37.7 Å². The van der Waals surface area contributed by atoms with Crippen LogP contribution in [0, 0.1) is 6.92 Å². The molecule has 1 aromatic carbocycles. The number of morpholine rings is 1. The first-order chi connectivity index (χ1) is 11.0. The monoisotopic (exact) mass is 318 g/mol. The highest BCUT2D eigenvalue weighted by Gasteiger charge is 2.21. The maximum atomic E-state index is 12.3. The van der Waals surface area contributed by atoms with Gasteiger partial charge in [0.1, 0.15) is 0 Å². The van der Waals surface area contributed by atoms with Crippen molar-refractivity contribution in [3.8, 4) is 0 Å². The van der Waals surface area contributed by atoms with E-state index in [1.54, 1.807) is 11.8 Å². The van der Waals surface area contributed by atoms with E-state index < -0.39 is 0 Å². The summed E-state index contributed by atoms with van der Waals surface area (Å²) in [5.41, 5.74) is 3.16. The average Bonchev–Trinajstić information content (AvgIpc) is 2.56. The van der Waals surface area contributed by atoms with Crippen LogP contribution in [0.4, 0.5) is 5.69 Å². The molecule has 0 aliphatic carbocycles. The van der Waals surface area contributed by atoms with Gasteiger partial charge in [0.05, 0.1) is 13.2 Å². The first-order valence-corrected chi connectivity index (χ1v) is 8.26. The Morgan fingerprint density at radius 1 is 1.26 bits per heavy atom. The van der Waals surface area contributed by atoms with Gasteiger partial charge in [0.2, 0.25) is 11.8 Å². The average molecular weight is 318 g/mol. The van der Waals surface area contributed by atoms with Crippen LogP contribution in [-0.4, -0.2) is 49.6 Å².